The maximum atomic E-state index is 4.17. The third-order valence-corrected chi connectivity index (χ3v) is 3.09. The lowest BCUT2D eigenvalue weighted by Gasteiger charge is -2.26. The highest BCUT2D eigenvalue weighted by Gasteiger charge is 2.10. The second-order valence-corrected chi connectivity index (χ2v) is 6.50. The van der Waals surface area contributed by atoms with Gasteiger partial charge in [0.05, 0.1) is 0 Å². The molecule has 0 aliphatic heterocycles. The molecule has 0 saturated carbocycles. The number of hydrogen-bond acceptors (Lipinski definition) is 2. The Bertz CT molecular complexity index is 441. The predicted octanol–water partition coefficient (Wildman–Crippen LogP) is 3.68. The second kappa shape index (κ2) is 6.25. The molecular weight excluding hydrogens is 232 g/mol. The molecule has 0 aliphatic rings. The third kappa shape index (κ3) is 5.48. The van der Waals surface area contributed by atoms with Gasteiger partial charge in [-0.3, -0.25) is 0 Å². The fraction of sp³-hybridized carbons (Fsp3) is 0.529. The van der Waals surface area contributed by atoms with Crippen molar-refractivity contribution >= 4 is 5.69 Å². The Kier molecular flexibility index (Phi) is 5.19. The summed E-state index contributed by atoms with van der Waals surface area (Å²) in [6, 6.07) is 6.58. The highest BCUT2D eigenvalue weighted by Crippen LogP contribution is 2.20. The van der Waals surface area contributed by atoms with Crippen molar-refractivity contribution < 1.29 is 0 Å². The number of aryl methyl sites for hydroxylation is 2. The Morgan fingerprint density at radius 3 is 2.42 bits per heavy atom. The minimum Gasteiger partial charge on any atom is -0.370 e. The van der Waals surface area contributed by atoms with Gasteiger partial charge in [0.15, 0.2) is 0 Å². The van der Waals surface area contributed by atoms with E-state index in [-0.39, 0.29) is 5.54 Å². The van der Waals surface area contributed by atoms with Crippen molar-refractivity contribution in [2.45, 2.75) is 40.2 Å². The monoisotopic (exact) mass is 260 g/mol. The van der Waals surface area contributed by atoms with Gasteiger partial charge in [-0.15, -0.1) is 0 Å². The molecule has 0 atom stereocenters. The van der Waals surface area contributed by atoms with E-state index in [0.29, 0.717) is 0 Å². The van der Waals surface area contributed by atoms with Crippen LogP contribution in [0.4, 0.5) is 5.69 Å². The van der Waals surface area contributed by atoms with Crippen LogP contribution in [-0.4, -0.2) is 25.7 Å². The third-order valence-electron chi connectivity index (χ3n) is 3.09. The molecule has 0 aliphatic carbocycles. The topological polar surface area (TPSA) is 15.3 Å². The van der Waals surface area contributed by atoms with Crippen LogP contribution >= 0.6 is 0 Å². The molecule has 1 N–H and O–H groups in total. The van der Waals surface area contributed by atoms with Crippen LogP contribution < -0.4 is 10.2 Å². The van der Waals surface area contributed by atoms with Gasteiger partial charge in [-0.25, -0.2) is 0 Å². The van der Waals surface area contributed by atoms with E-state index in [1.807, 2.05) is 0 Å². The van der Waals surface area contributed by atoms with Crippen molar-refractivity contribution in [3.05, 3.63) is 41.5 Å². The lowest BCUT2D eigenvalue weighted by Crippen LogP contribution is -2.38. The molecule has 2 nitrogen and oxygen atoms in total. The number of rotatable bonds is 5. The highest BCUT2D eigenvalue weighted by molar-refractivity contribution is 5.54. The smallest absolute Gasteiger partial charge is 0.0396 e. The van der Waals surface area contributed by atoms with Gasteiger partial charge in [0.1, 0.15) is 0 Å². The Balaban J connectivity index is 2.59. The standard InChI is InChI=1S/C17H28N2/c1-13-8-9-16(15(3)10-13)19(7)12-14(2)11-18-17(4,5)6/h8-10,18H,2,11-12H2,1,3-7H3. The van der Waals surface area contributed by atoms with Crippen LogP contribution in [0.1, 0.15) is 31.9 Å². The van der Waals surface area contributed by atoms with Crippen LogP contribution in [0, 0.1) is 13.8 Å². The first kappa shape index (κ1) is 15.8. The number of nitrogens with zero attached hydrogens (tertiary/aromatic N) is 1. The van der Waals surface area contributed by atoms with E-state index in [1.165, 1.54) is 22.4 Å². The highest BCUT2D eigenvalue weighted by atomic mass is 15.1. The predicted molar refractivity (Wildman–Crippen MR) is 86.1 cm³/mol. The molecule has 0 saturated heterocycles. The molecule has 0 heterocycles. The Labute approximate surface area is 118 Å². The number of likely N-dealkylation sites (N-methyl/N-ethyl adjacent to an activating group) is 1. The van der Waals surface area contributed by atoms with Gasteiger partial charge < -0.3 is 10.2 Å². The number of anilines is 1. The van der Waals surface area contributed by atoms with Gasteiger partial charge in [-0.1, -0.05) is 24.3 Å². The van der Waals surface area contributed by atoms with E-state index < -0.39 is 0 Å². The summed E-state index contributed by atoms with van der Waals surface area (Å²) in [5.74, 6) is 0. The van der Waals surface area contributed by atoms with Crippen LogP contribution in [0.2, 0.25) is 0 Å². The minimum atomic E-state index is 0.140. The largest absolute Gasteiger partial charge is 0.370 e. The summed E-state index contributed by atoms with van der Waals surface area (Å²) in [6.07, 6.45) is 0. The molecule has 1 aromatic rings. The lowest BCUT2D eigenvalue weighted by molar-refractivity contribution is 0.443. The van der Waals surface area contributed by atoms with Crippen molar-refractivity contribution in [2.24, 2.45) is 0 Å². The molecule has 0 unspecified atom stereocenters. The van der Waals surface area contributed by atoms with E-state index in [4.69, 9.17) is 0 Å². The van der Waals surface area contributed by atoms with Gasteiger partial charge in [0.2, 0.25) is 0 Å². The van der Waals surface area contributed by atoms with E-state index in [9.17, 15) is 0 Å². The van der Waals surface area contributed by atoms with E-state index in [2.05, 4.69) is 76.7 Å². The van der Waals surface area contributed by atoms with Crippen molar-refractivity contribution in [3.63, 3.8) is 0 Å². The van der Waals surface area contributed by atoms with E-state index in [1.54, 1.807) is 0 Å². The average Bonchev–Trinajstić information content (AvgIpc) is 2.25. The zero-order valence-electron chi connectivity index (χ0n) is 13.3. The Morgan fingerprint density at radius 1 is 1.26 bits per heavy atom. The lowest BCUT2D eigenvalue weighted by atomic mass is 10.1. The van der Waals surface area contributed by atoms with Gasteiger partial charge >= 0.3 is 0 Å². The minimum absolute atomic E-state index is 0.140. The number of hydrogen-bond donors (Lipinski definition) is 1. The molecule has 2 heteroatoms. The zero-order chi connectivity index (χ0) is 14.6. The van der Waals surface area contributed by atoms with Crippen molar-refractivity contribution in [3.8, 4) is 0 Å². The summed E-state index contributed by atoms with van der Waals surface area (Å²) < 4.78 is 0. The fourth-order valence-corrected chi connectivity index (χ4v) is 2.10. The van der Waals surface area contributed by atoms with Crippen molar-refractivity contribution in [2.75, 3.05) is 25.0 Å². The molecule has 106 valence electrons. The normalized spacial score (nSPS) is 11.5. The van der Waals surface area contributed by atoms with E-state index in [0.717, 1.165) is 13.1 Å². The molecule has 0 bridgehead atoms. The average molecular weight is 260 g/mol. The fourth-order valence-electron chi connectivity index (χ4n) is 2.10. The van der Waals surface area contributed by atoms with Gasteiger partial charge in [-0.2, -0.15) is 0 Å². The maximum Gasteiger partial charge on any atom is 0.0396 e. The van der Waals surface area contributed by atoms with Crippen molar-refractivity contribution in [1.29, 1.82) is 0 Å². The summed E-state index contributed by atoms with van der Waals surface area (Å²) in [6.45, 7) is 16.7. The van der Waals surface area contributed by atoms with Crippen molar-refractivity contribution in [1.82, 2.24) is 5.32 Å². The van der Waals surface area contributed by atoms with Crippen LogP contribution in [0.25, 0.3) is 0 Å². The molecule has 0 fully saturated rings. The summed E-state index contributed by atoms with van der Waals surface area (Å²) in [7, 11) is 2.12. The summed E-state index contributed by atoms with van der Waals surface area (Å²) in [4.78, 5) is 2.27. The summed E-state index contributed by atoms with van der Waals surface area (Å²) in [5.41, 5.74) is 5.25. The summed E-state index contributed by atoms with van der Waals surface area (Å²) >= 11 is 0. The molecule has 0 aromatic heterocycles. The number of benzene rings is 1. The molecule has 1 rings (SSSR count). The van der Waals surface area contributed by atoms with Gasteiger partial charge in [0, 0.05) is 31.4 Å². The SMILES string of the molecule is C=C(CNC(C)(C)C)CN(C)c1ccc(C)cc1C. The molecule has 0 radical (unpaired) electrons. The number of nitrogens with one attached hydrogen (secondary N) is 1. The first-order chi connectivity index (χ1) is 8.69. The van der Waals surface area contributed by atoms with Crippen LogP contribution in [0.15, 0.2) is 30.4 Å². The molecule has 0 spiro atoms. The second-order valence-electron chi connectivity index (χ2n) is 6.50. The Morgan fingerprint density at radius 2 is 1.89 bits per heavy atom. The first-order valence-corrected chi connectivity index (χ1v) is 6.89. The van der Waals surface area contributed by atoms with E-state index >= 15 is 0 Å². The van der Waals surface area contributed by atoms with Crippen LogP contribution in [-0.2, 0) is 0 Å². The molecule has 1 aromatic carbocycles. The molecule has 19 heavy (non-hydrogen) atoms. The maximum absolute atomic E-state index is 4.17. The van der Waals surface area contributed by atoms with Crippen LogP contribution in [0.5, 0.6) is 0 Å². The Hall–Kier alpha value is -1.28. The molecular formula is C17H28N2. The first-order valence-electron chi connectivity index (χ1n) is 6.89. The van der Waals surface area contributed by atoms with Crippen LogP contribution in [0.3, 0.4) is 0 Å². The van der Waals surface area contributed by atoms with Gasteiger partial charge in [0.25, 0.3) is 0 Å². The van der Waals surface area contributed by atoms with Gasteiger partial charge in [-0.05, 0) is 51.8 Å². The zero-order valence-corrected chi connectivity index (χ0v) is 13.3. The summed E-state index contributed by atoms with van der Waals surface area (Å²) in [5, 5.41) is 3.48. The molecule has 0 amide bonds. The quantitative estimate of drug-likeness (QED) is 0.812.